The van der Waals surface area contributed by atoms with Crippen LogP contribution in [-0.2, 0) is 0 Å². The summed E-state index contributed by atoms with van der Waals surface area (Å²) in [5.41, 5.74) is 0.496. The summed E-state index contributed by atoms with van der Waals surface area (Å²) in [4.78, 5) is 1.59. The summed E-state index contributed by atoms with van der Waals surface area (Å²) >= 11 is 0. The number of methoxy groups -OCH3 is 1. The Morgan fingerprint density at radius 3 is 2.50 bits per heavy atom. The van der Waals surface area contributed by atoms with E-state index in [0.717, 1.165) is 0 Å². The van der Waals surface area contributed by atoms with Crippen LogP contribution in [0.5, 0.6) is 5.75 Å². The zero-order valence-corrected chi connectivity index (χ0v) is 9.35. The number of ether oxygens (including phenoxy) is 1. The van der Waals surface area contributed by atoms with E-state index >= 15 is 0 Å². The lowest BCUT2D eigenvalue weighted by Gasteiger charge is -2.28. The highest BCUT2D eigenvalue weighted by Crippen LogP contribution is 2.29. The third-order valence-electron chi connectivity index (χ3n) is 2.49. The monoisotopic (exact) mass is 229 g/mol. The van der Waals surface area contributed by atoms with Crippen LogP contribution in [0.1, 0.15) is 0 Å². The van der Waals surface area contributed by atoms with Crippen LogP contribution >= 0.6 is 0 Å². The van der Waals surface area contributed by atoms with E-state index in [1.165, 1.54) is 25.3 Å². The van der Waals surface area contributed by atoms with E-state index in [1.54, 1.807) is 11.9 Å². The van der Waals surface area contributed by atoms with Gasteiger partial charge in [-0.05, 0) is 12.1 Å². The molecule has 0 amide bonds. The van der Waals surface area contributed by atoms with Crippen molar-refractivity contribution in [2.75, 3.05) is 32.3 Å². The van der Waals surface area contributed by atoms with Crippen LogP contribution in [0.2, 0.25) is 0 Å². The molecule has 0 aliphatic heterocycles. The fourth-order valence-electron chi connectivity index (χ4n) is 1.44. The van der Waals surface area contributed by atoms with E-state index in [4.69, 9.17) is 14.9 Å². The lowest BCUT2D eigenvalue weighted by molar-refractivity contribution is 0.190. The minimum atomic E-state index is -0.476. The van der Waals surface area contributed by atoms with Crippen LogP contribution in [0.4, 0.5) is 10.1 Å². The molecular formula is C11H16FNO3. The molecule has 0 heterocycles. The Kier molecular flexibility index (Phi) is 4.52. The standard InChI is InChI=1S/C11H16FNO3/c1-13(9(6-14)7-15)10-5-8(12)3-4-11(10)16-2/h3-5,9,14-15H,6-7H2,1-2H3. The van der Waals surface area contributed by atoms with E-state index < -0.39 is 11.9 Å². The van der Waals surface area contributed by atoms with E-state index in [0.29, 0.717) is 11.4 Å². The SMILES string of the molecule is COc1ccc(F)cc1N(C)C(CO)CO. The predicted octanol–water partition coefficient (Wildman–Crippen LogP) is 0.624. The molecule has 5 heteroatoms. The summed E-state index contributed by atoms with van der Waals surface area (Å²) in [6.45, 7) is -0.431. The van der Waals surface area contributed by atoms with Gasteiger partial charge in [0.1, 0.15) is 11.6 Å². The molecule has 0 unspecified atom stereocenters. The minimum absolute atomic E-state index is 0.216. The topological polar surface area (TPSA) is 52.9 Å². The van der Waals surface area contributed by atoms with Crippen molar-refractivity contribution in [1.82, 2.24) is 0 Å². The summed E-state index contributed by atoms with van der Waals surface area (Å²) in [5.74, 6) is 0.105. The number of hydrogen-bond acceptors (Lipinski definition) is 4. The Morgan fingerprint density at radius 2 is 2.00 bits per heavy atom. The first-order valence-corrected chi connectivity index (χ1v) is 4.92. The second-order valence-corrected chi connectivity index (χ2v) is 3.45. The Bertz CT molecular complexity index is 342. The van der Waals surface area contributed by atoms with Gasteiger partial charge in [-0.2, -0.15) is 0 Å². The van der Waals surface area contributed by atoms with Gasteiger partial charge in [-0.15, -0.1) is 0 Å². The van der Waals surface area contributed by atoms with Crippen molar-refractivity contribution in [2.24, 2.45) is 0 Å². The smallest absolute Gasteiger partial charge is 0.142 e. The van der Waals surface area contributed by atoms with Gasteiger partial charge in [0.2, 0.25) is 0 Å². The molecule has 0 spiro atoms. The number of halogens is 1. The molecule has 0 bridgehead atoms. The first kappa shape index (κ1) is 12.7. The fraction of sp³-hybridized carbons (Fsp3) is 0.455. The van der Waals surface area contributed by atoms with Crippen molar-refractivity contribution in [3.05, 3.63) is 24.0 Å². The third-order valence-corrected chi connectivity index (χ3v) is 2.49. The van der Waals surface area contributed by atoms with Gasteiger partial charge in [0, 0.05) is 13.1 Å². The fourth-order valence-corrected chi connectivity index (χ4v) is 1.44. The molecule has 0 aliphatic carbocycles. The Morgan fingerprint density at radius 1 is 1.38 bits per heavy atom. The molecule has 1 aromatic carbocycles. The zero-order chi connectivity index (χ0) is 12.1. The minimum Gasteiger partial charge on any atom is -0.495 e. The van der Waals surface area contributed by atoms with E-state index in [9.17, 15) is 4.39 Å². The molecule has 1 rings (SSSR count). The average molecular weight is 229 g/mol. The summed E-state index contributed by atoms with van der Waals surface area (Å²) in [5, 5.41) is 18.1. The van der Waals surface area contributed by atoms with Crippen LogP contribution in [0.25, 0.3) is 0 Å². The number of benzene rings is 1. The van der Waals surface area contributed by atoms with Gasteiger partial charge in [-0.1, -0.05) is 0 Å². The molecule has 0 fully saturated rings. The summed E-state index contributed by atoms with van der Waals surface area (Å²) in [7, 11) is 3.14. The molecule has 0 aliphatic rings. The number of rotatable bonds is 5. The quantitative estimate of drug-likeness (QED) is 0.777. The third kappa shape index (κ3) is 2.62. The van der Waals surface area contributed by atoms with Gasteiger partial charge in [0.25, 0.3) is 0 Å². The second-order valence-electron chi connectivity index (χ2n) is 3.45. The van der Waals surface area contributed by atoms with Gasteiger partial charge >= 0.3 is 0 Å². The highest BCUT2D eigenvalue weighted by atomic mass is 19.1. The Hall–Kier alpha value is -1.33. The van der Waals surface area contributed by atoms with Gasteiger partial charge in [-0.25, -0.2) is 4.39 Å². The van der Waals surface area contributed by atoms with E-state index in [1.807, 2.05) is 0 Å². The first-order valence-electron chi connectivity index (χ1n) is 4.92. The van der Waals surface area contributed by atoms with Gasteiger partial charge < -0.3 is 19.8 Å². The normalized spacial score (nSPS) is 10.6. The summed E-state index contributed by atoms with van der Waals surface area (Å²) in [6, 6.07) is 3.63. The lowest BCUT2D eigenvalue weighted by atomic mass is 10.2. The van der Waals surface area contributed by atoms with Crippen molar-refractivity contribution in [2.45, 2.75) is 6.04 Å². The van der Waals surface area contributed by atoms with Gasteiger partial charge in [0.15, 0.2) is 0 Å². The van der Waals surface area contributed by atoms with Gasteiger partial charge in [-0.3, -0.25) is 0 Å². The molecule has 1 aromatic rings. The predicted molar refractivity (Wildman–Crippen MR) is 59.3 cm³/mol. The maximum atomic E-state index is 13.1. The van der Waals surface area contributed by atoms with Crippen molar-refractivity contribution in [3.8, 4) is 5.75 Å². The lowest BCUT2D eigenvalue weighted by Crippen LogP contribution is -2.38. The average Bonchev–Trinajstić information content (AvgIpc) is 2.30. The van der Waals surface area contributed by atoms with E-state index in [2.05, 4.69) is 0 Å². The maximum absolute atomic E-state index is 13.1. The highest BCUT2D eigenvalue weighted by Gasteiger charge is 2.17. The zero-order valence-electron chi connectivity index (χ0n) is 9.35. The van der Waals surface area contributed by atoms with Crippen LogP contribution in [0, 0.1) is 5.82 Å². The van der Waals surface area contributed by atoms with Crippen molar-refractivity contribution in [3.63, 3.8) is 0 Å². The number of likely N-dealkylation sites (N-methyl/N-ethyl adjacent to an activating group) is 1. The molecule has 0 atom stereocenters. The molecule has 0 aromatic heterocycles. The number of anilines is 1. The van der Waals surface area contributed by atoms with Gasteiger partial charge in [0.05, 0.1) is 32.1 Å². The van der Waals surface area contributed by atoms with Crippen LogP contribution in [0.3, 0.4) is 0 Å². The number of hydrogen-bond donors (Lipinski definition) is 2. The van der Waals surface area contributed by atoms with Crippen LogP contribution in [0.15, 0.2) is 18.2 Å². The number of aliphatic hydroxyl groups is 2. The molecule has 16 heavy (non-hydrogen) atoms. The number of nitrogens with zero attached hydrogens (tertiary/aromatic N) is 1. The highest BCUT2D eigenvalue weighted by molar-refractivity contribution is 5.58. The Labute approximate surface area is 93.9 Å². The van der Waals surface area contributed by atoms with Crippen molar-refractivity contribution in [1.29, 1.82) is 0 Å². The Balaban J connectivity index is 3.04. The molecule has 2 N–H and O–H groups in total. The van der Waals surface area contributed by atoms with E-state index in [-0.39, 0.29) is 13.2 Å². The molecular weight excluding hydrogens is 213 g/mol. The molecule has 4 nitrogen and oxygen atoms in total. The number of aliphatic hydroxyl groups excluding tert-OH is 2. The first-order chi connectivity index (χ1) is 7.63. The van der Waals surface area contributed by atoms with Crippen LogP contribution in [-0.4, -0.2) is 43.6 Å². The van der Waals surface area contributed by atoms with Crippen molar-refractivity contribution < 1.29 is 19.3 Å². The van der Waals surface area contributed by atoms with Crippen molar-refractivity contribution >= 4 is 5.69 Å². The molecule has 0 radical (unpaired) electrons. The molecule has 0 saturated heterocycles. The van der Waals surface area contributed by atoms with Crippen LogP contribution < -0.4 is 9.64 Å². The largest absolute Gasteiger partial charge is 0.495 e. The summed E-state index contributed by atoms with van der Waals surface area (Å²) in [6.07, 6.45) is 0. The molecule has 90 valence electrons. The molecule has 0 saturated carbocycles. The summed E-state index contributed by atoms with van der Waals surface area (Å²) < 4.78 is 18.2. The maximum Gasteiger partial charge on any atom is 0.142 e. The second kappa shape index (κ2) is 5.67.